The Morgan fingerprint density at radius 1 is 1.09 bits per heavy atom. The third-order valence-corrected chi connectivity index (χ3v) is 5.85. The van der Waals surface area contributed by atoms with Crippen LogP contribution in [0.5, 0.6) is 0 Å². The summed E-state index contributed by atoms with van der Waals surface area (Å²) in [5.74, 6) is -0.903. The number of fused-ring (bicyclic) bond motifs is 1. The van der Waals surface area contributed by atoms with E-state index in [0.29, 0.717) is 23.4 Å². The van der Waals surface area contributed by atoms with Gasteiger partial charge in [-0.3, -0.25) is 19.7 Å². The highest BCUT2D eigenvalue weighted by Gasteiger charge is 2.16. The minimum Gasteiger partial charge on any atom is -0.361 e. The maximum Gasteiger partial charge on any atom is 0.270 e. The number of benzene rings is 2. The summed E-state index contributed by atoms with van der Waals surface area (Å²) in [6.45, 7) is 0.349. The number of nitro groups is 1. The minimum absolute atomic E-state index is 0.00725. The highest BCUT2D eigenvalue weighted by Crippen LogP contribution is 2.18. The number of nitro benzene ring substituents is 1. The van der Waals surface area contributed by atoms with Gasteiger partial charge in [0.2, 0.25) is 0 Å². The van der Waals surface area contributed by atoms with Crippen LogP contribution in [0.25, 0.3) is 17.0 Å². The van der Waals surface area contributed by atoms with Gasteiger partial charge in [-0.05, 0) is 41.1 Å². The van der Waals surface area contributed by atoms with Crippen LogP contribution in [0.3, 0.4) is 0 Å². The number of carbonyl (C=O) groups is 2. The number of carbonyl (C=O) groups excluding carboxylic acids is 2. The number of aromatic nitrogens is 1. The fourth-order valence-electron chi connectivity index (χ4n) is 3.39. The van der Waals surface area contributed by atoms with Gasteiger partial charge in [-0.2, -0.15) is 0 Å². The predicted molar refractivity (Wildman–Crippen MR) is 128 cm³/mol. The molecular formula is C24H20N4O4S. The average Bonchev–Trinajstić information content (AvgIpc) is 3.49. The second kappa shape index (κ2) is 9.92. The molecule has 9 heteroatoms. The first-order valence-electron chi connectivity index (χ1n) is 10.2. The standard InChI is InChI=1S/C24H20N4O4S/c29-23(25-11-10-17-15-26-20-8-2-1-7-19(17)20)21(27-24(30)22-9-4-12-33-22)14-16-5-3-6-18(13-16)28(31)32/h1-9,12-15,26H,10-11H2,(H,25,29)(H,27,30). The number of aromatic amines is 1. The molecule has 0 atom stereocenters. The molecule has 0 unspecified atom stereocenters. The number of thiophene rings is 1. The van der Waals surface area contributed by atoms with E-state index in [1.807, 2.05) is 30.5 Å². The fourth-order valence-corrected chi connectivity index (χ4v) is 4.01. The van der Waals surface area contributed by atoms with E-state index in [1.165, 1.54) is 35.6 Å². The minimum atomic E-state index is -0.511. The number of rotatable bonds is 8. The number of hydrogen-bond acceptors (Lipinski definition) is 5. The van der Waals surface area contributed by atoms with E-state index >= 15 is 0 Å². The van der Waals surface area contributed by atoms with Gasteiger partial charge in [-0.15, -0.1) is 11.3 Å². The van der Waals surface area contributed by atoms with E-state index in [4.69, 9.17) is 0 Å². The molecule has 8 nitrogen and oxygen atoms in total. The number of H-pyrrole nitrogens is 1. The largest absolute Gasteiger partial charge is 0.361 e. The number of nitrogens with one attached hydrogen (secondary N) is 3. The molecule has 0 spiro atoms. The molecule has 2 aromatic carbocycles. The molecule has 2 aromatic heterocycles. The third-order valence-electron chi connectivity index (χ3n) is 4.98. The second-order valence-electron chi connectivity index (χ2n) is 7.21. The van der Waals surface area contributed by atoms with Crippen LogP contribution in [-0.4, -0.2) is 28.3 Å². The summed E-state index contributed by atoms with van der Waals surface area (Å²) < 4.78 is 0. The topological polar surface area (TPSA) is 117 Å². The van der Waals surface area contributed by atoms with Crippen LogP contribution >= 0.6 is 11.3 Å². The van der Waals surface area contributed by atoms with Crippen molar-refractivity contribution in [1.29, 1.82) is 0 Å². The first-order chi connectivity index (χ1) is 16.0. The number of nitrogens with zero attached hydrogens (tertiary/aromatic N) is 1. The molecule has 0 aliphatic carbocycles. The van der Waals surface area contributed by atoms with Gasteiger partial charge in [0.15, 0.2) is 0 Å². The van der Waals surface area contributed by atoms with Crippen molar-refractivity contribution < 1.29 is 14.5 Å². The summed E-state index contributed by atoms with van der Waals surface area (Å²) in [6.07, 6.45) is 3.94. The molecule has 33 heavy (non-hydrogen) atoms. The van der Waals surface area contributed by atoms with E-state index in [2.05, 4.69) is 15.6 Å². The molecule has 2 amide bonds. The molecule has 0 aliphatic heterocycles. The second-order valence-corrected chi connectivity index (χ2v) is 8.15. The molecule has 166 valence electrons. The van der Waals surface area contributed by atoms with Gasteiger partial charge >= 0.3 is 0 Å². The van der Waals surface area contributed by atoms with Crippen molar-refractivity contribution >= 4 is 45.8 Å². The molecule has 4 rings (SSSR count). The number of hydrogen-bond donors (Lipinski definition) is 3. The molecule has 0 saturated heterocycles. The molecule has 0 saturated carbocycles. The molecule has 2 heterocycles. The van der Waals surface area contributed by atoms with Crippen molar-refractivity contribution in [2.45, 2.75) is 6.42 Å². The van der Waals surface area contributed by atoms with Crippen LogP contribution in [-0.2, 0) is 11.2 Å². The summed E-state index contributed by atoms with van der Waals surface area (Å²) in [5, 5.41) is 19.4. The van der Waals surface area contributed by atoms with E-state index in [9.17, 15) is 19.7 Å². The first-order valence-corrected chi connectivity index (χ1v) is 11.0. The lowest BCUT2D eigenvalue weighted by atomic mass is 10.1. The predicted octanol–water partition coefficient (Wildman–Crippen LogP) is 4.27. The van der Waals surface area contributed by atoms with E-state index in [0.717, 1.165) is 16.5 Å². The summed E-state index contributed by atoms with van der Waals surface area (Å²) in [4.78, 5) is 39.7. The van der Waals surface area contributed by atoms with Crippen molar-refractivity contribution in [1.82, 2.24) is 15.6 Å². The van der Waals surface area contributed by atoms with Gasteiger partial charge < -0.3 is 15.6 Å². The molecular weight excluding hydrogens is 440 g/mol. The third kappa shape index (κ3) is 5.34. The summed E-state index contributed by atoms with van der Waals surface area (Å²) in [5.41, 5.74) is 2.42. The molecule has 0 fully saturated rings. The fraction of sp³-hybridized carbons (Fsp3) is 0.0833. The molecule has 0 bridgehead atoms. The van der Waals surface area contributed by atoms with Crippen LogP contribution in [0.15, 0.2) is 77.9 Å². The van der Waals surface area contributed by atoms with Gasteiger partial charge in [0.1, 0.15) is 5.70 Å². The molecule has 3 N–H and O–H groups in total. The van der Waals surface area contributed by atoms with Crippen LogP contribution in [0.1, 0.15) is 20.8 Å². The zero-order valence-electron chi connectivity index (χ0n) is 17.4. The van der Waals surface area contributed by atoms with Gasteiger partial charge in [0.05, 0.1) is 9.80 Å². The Labute approximate surface area is 193 Å². The summed E-state index contributed by atoms with van der Waals surface area (Å²) in [6, 6.07) is 17.2. The first kappa shape index (κ1) is 22.0. The lowest BCUT2D eigenvalue weighted by Gasteiger charge is -2.11. The smallest absolute Gasteiger partial charge is 0.270 e. The number of para-hydroxylation sites is 1. The zero-order valence-corrected chi connectivity index (χ0v) is 18.2. The van der Waals surface area contributed by atoms with Crippen molar-refractivity contribution in [2.24, 2.45) is 0 Å². The normalized spacial score (nSPS) is 11.3. The maximum absolute atomic E-state index is 12.9. The van der Waals surface area contributed by atoms with Crippen molar-refractivity contribution in [3.05, 3.63) is 104 Å². The Bertz CT molecular complexity index is 1340. The van der Waals surface area contributed by atoms with Gasteiger partial charge in [0.25, 0.3) is 17.5 Å². The highest BCUT2D eigenvalue weighted by molar-refractivity contribution is 7.12. The lowest BCUT2D eigenvalue weighted by molar-refractivity contribution is -0.384. The SMILES string of the molecule is O=C(NCCc1c[nH]c2ccccc12)C(=Cc1cccc([N+](=O)[O-])c1)NC(=O)c1cccs1. The van der Waals surface area contributed by atoms with Gasteiger partial charge in [0, 0.05) is 35.8 Å². The van der Waals surface area contributed by atoms with Gasteiger partial charge in [-0.1, -0.05) is 36.4 Å². The maximum atomic E-state index is 12.9. The lowest BCUT2D eigenvalue weighted by Crippen LogP contribution is -2.35. The van der Waals surface area contributed by atoms with Crippen molar-refractivity contribution in [2.75, 3.05) is 6.54 Å². The zero-order chi connectivity index (χ0) is 23.2. The average molecular weight is 461 g/mol. The Morgan fingerprint density at radius 2 is 1.94 bits per heavy atom. The monoisotopic (exact) mass is 460 g/mol. The van der Waals surface area contributed by atoms with E-state index < -0.39 is 16.7 Å². The highest BCUT2D eigenvalue weighted by atomic mass is 32.1. The van der Waals surface area contributed by atoms with Crippen LogP contribution < -0.4 is 10.6 Å². The Morgan fingerprint density at radius 3 is 2.73 bits per heavy atom. The van der Waals surface area contributed by atoms with Crippen LogP contribution in [0.2, 0.25) is 0 Å². The van der Waals surface area contributed by atoms with Crippen LogP contribution in [0.4, 0.5) is 5.69 Å². The Balaban J connectivity index is 1.51. The molecule has 0 radical (unpaired) electrons. The molecule has 0 aliphatic rings. The van der Waals surface area contributed by atoms with E-state index in [1.54, 1.807) is 23.6 Å². The number of amides is 2. The summed E-state index contributed by atoms with van der Waals surface area (Å²) >= 11 is 1.25. The number of non-ortho nitro benzene ring substituents is 1. The van der Waals surface area contributed by atoms with Gasteiger partial charge in [-0.25, -0.2) is 0 Å². The Hall–Kier alpha value is -4.24. The molecule has 4 aromatic rings. The summed E-state index contributed by atoms with van der Waals surface area (Å²) in [7, 11) is 0. The quantitative estimate of drug-likeness (QED) is 0.207. The Kier molecular flexibility index (Phi) is 6.61. The van der Waals surface area contributed by atoms with Crippen molar-refractivity contribution in [3.8, 4) is 0 Å². The van der Waals surface area contributed by atoms with Crippen LogP contribution in [0, 0.1) is 10.1 Å². The van der Waals surface area contributed by atoms with E-state index in [-0.39, 0.29) is 11.4 Å². The van der Waals surface area contributed by atoms with Crippen molar-refractivity contribution in [3.63, 3.8) is 0 Å².